The molecule has 1 amide bonds. The van der Waals surface area contributed by atoms with Crippen LogP contribution in [0.3, 0.4) is 0 Å². The molecule has 0 spiro atoms. The molecule has 0 radical (unpaired) electrons. The van der Waals surface area contributed by atoms with Gasteiger partial charge in [-0.15, -0.1) is 0 Å². The van der Waals surface area contributed by atoms with Gasteiger partial charge in [0.1, 0.15) is 11.5 Å². The lowest BCUT2D eigenvalue weighted by atomic mass is 10.0. The smallest absolute Gasteiger partial charge is 0.339 e. The minimum Gasteiger partial charge on any atom is -0.339 e. The molecule has 0 saturated carbocycles. The van der Waals surface area contributed by atoms with E-state index in [1.165, 1.54) is 12.4 Å². The molecule has 0 bridgehead atoms. The largest absolute Gasteiger partial charge is 0.343 e. The zero-order valence-electron chi connectivity index (χ0n) is 12.4. The highest BCUT2D eigenvalue weighted by Gasteiger charge is 2.23. The van der Waals surface area contributed by atoms with Gasteiger partial charge in [0.05, 0.1) is 0 Å². The lowest BCUT2D eigenvalue weighted by Gasteiger charge is -2.31. The van der Waals surface area contributed by atoms with E-state index < -0.39 is 0 Å². The van der Waals surface area contributed by atoms with Gasteiger partial charge in [0.15, 0.2) is 0 Å². The van der Waals surface area contributed by atoms with Crippen molar-refractivity contribution in [3.8, 4) is 0 Å². The summed E-state index contributed by atoms with van der Waals surface area (Å²) in [5.74, 6) is -0.0454. The van der Waals surface area contributed by atoms with Crippen LogP contribution in [-0.2, 0) is 4.79 Å². The Labute approximate surface area is 137 Å². The molecule has 7 nitrogen and oxygen atoms in total. The molecule has 1 N–H and O–H groups in total. The molecule has 2 aromatic heterocycles. The third-order valence-corrected chi connectivity index (χ3v) is 4.12. The number of amides is 1. The summed E-state index contributed by atoms with van der Waals surface area (Å²) in [4.78, 5) is 29.5. The fourth-order valence-electron chi connectivity index (χ4n) is 2.68. The number of halogens is 1. The normalized spacial score (nSPS) is 16.1. The van der Waals surface area contributed by atoms with E-state index in [0.717, 1.165) is 18.4 Å². The Morgan fingerprint density at radius 3 is 2.83 bits per heavy atom. The average Bonchev–Trinajstić information content (AvgIpc) is 2.99. The summed E-state index contributed by atoms with van der Waals surface area (Å²) in [6.45, 7) is 1.23. The van der Waals surface area contributed by atoms with Crippen molar-refractivity contribution < 1.29 is 4.79 Å². The summed E-state index contributed by atoms with van der Waals surface area (Å²) in [7, 11) is 0. The molecule has 3 heterocycles. The van der Waals surface area contributed by atoms with Crippen LogP contribution in [0.5, 0.6) is 0 Å². The first-order valence-electron chi connectivity index (χ1n) is 7.33. The zero-order chi connectivity index (χ0) is 16.2. The van der Waals surface area contributed by atoms with E-state index in [1.807, 2.05) is 0 Å². The first-order valence-corrected chi connectivity index (χ1v) is 7.71. The third kappa shape index (κ3) is 3.68. The Hall–Kier alpha value is -2.41. The van der Waals surface area contributed by atoms with E-state index in [0.29, 0.717) is 18.2 Å². The van der Waals surface area contributed by atoms with Gasteiger partial charge in [-0.2, -0.15) is 5.10 Å². The Bertz CT molecular complexity index is 774. The number of carbonyl (C=O) groups is 1. The lowest BCUT2D eigenvalue weighted by molar-refractivity contribution is -0.127. The minimum absolute atomic E-state index is 0.0454. The van der Waals surface area contributed by atoms with Crippen molar-refractivity contribution in [2.45, 2.75) is 18.9 Å². The summed E-state index contributed by atoms with van der Waals surface area (Å²) in [6.07, 6.45) is 7.84. The number of nitrogens with one attached hydrogen (secondary N) is 1. The van der Waals surface area contributed by atoms with Gasteiger partial charge in [0, 0.05) is 31.4 Å². The quantitative estimate of drug-likeness (QED) is 0.681. The predicted octanol–water partition coefficient (Wildman–Crippen LogP) is 1.50. The number of likely N-dealkylation sites (tertiary alicyclic amines) is 1. The molecule has 1 aliphatic heterocycles. The van der Waals surface area contributed by atoms with Gasteiger partial charge in [-0.05, 0) is 36.6 Å². The first kappa shape index (κ1) is 15.5. The van der Waals surface area contributed by atoms with Gasteiger partial charge < -0.3 is 4.90 Å². The van der Waals surface area contributed by atoms with Gasteiger partial charge in [-0.3, -0.25) is 9.36 Å². The number of hydrogen-bond donors (Lipinski definition) is 1. The van der Waals surface area contributed by atoms with Crippen molar-refractivity contribution >= 4 is 23.6 Å². The van der Waals surface area contributed by atoms with E-state index in [-0.39, 0.29) is 17.6 Å². The summed E-state index contributed by atoms with van der Waals surface area (Å²) < 4.78 is 1.59. The monoisotopic (exact) mass is 333 g/mol. The second kappa shape index (κ2) is 6.78. The van der Waals surface area contributed by atoms with Crippen LogP contribution in [0.15, 0.2) is 35.5 Å². The summed E-state index contributed by atoms with van der Waals surface area (Å²) in [5, 5.41) is 6.53. The van der Waals surface area contributed by atoms with Crippen LogP contribution in [0.1, 0.15) is 24.4 Å². The maximum atomic E-state index is 12.2. The molecule has 3 rings (SSSR count). The Kier molecular flexibility index (Phi) is 4.57. The molecule has 0 aromatic carbocycles. The number of aromatic amines is 1. The second-order valence-electron chi connectivity index (χ2n) is 5.37. The van der Waals surface area contributed by atoms with Gasteiger partial charge in [0.25, 0.3) is 0 Å². The minimum atomic E-state index is -0.204. The molecule has 23 heavy (non-hydrogen) atoms. The second-order valence-corrected chi connectivity index (χ2v) is 5.76. The summed E-state index contributed by atoms with van der Waals surface area (Å²) in [5.41, 5.74) is 0.627. The van der Waals surface area contributed by atoms with Crippen LogP contribution in [-0.4, -0.2) is 43.6 Å². The molecule has 8 heteroatoms. The highest BCUT2D eigenvalue weighted by Crippen LogP contribution is 2.21. The van der Waals surface area contributed by atoms with Crippen LogP contribution >= 0.6 is 11.6 Å². The first-order chi connectivity index (χ1) is 11.1. The van der Waals surface area contributed by atoms with E-state index in [2.05, 4.69) is 15.2 Å². The highest BCUT2D eigenvalue weighted by atomic mass is 35.5. The maximum absolute atomic E-state index is 12.2. The van der Waals surface area contributed by atoms with Gasteiger partial charge in [-0.1, -0.05) is 11.6 Å². The fraction of sp³-hybridized carbons (Fsp3) is 0.333. The van der Waals surface area contributed by atoms with E-state index in [4.69, 9.17) is 11.6 Å². The number of hydrogen-bond acceptors (Lipinski definition) is 4. The SMILES string of the molecule is O=C(/C=C/c1ccnc(Cl)c1)N1CCC(n2cn[nH]c2=O)CC1. The van der Waals surface area contributed by atoms with Crippen molar-refractivity contribution in [2.75, 3.05) is 13.1 Å². The fourth-order valence-corrected chi connectivity index (χ4v) is 2.86. The molecule has 0 unspecified atom stereocenters. The molecule has 0 atom stereocenters. The van der Waals surface area contributed by atoms with Crippen LogP contribution in [0.25, 0.3) is 6.08 Å². The number of pyridine rings is 1. The average molecular weight is 334 g/mol. The Morgan fingerprint density at radius 1 is 1.39 bits per heavy atom. The zero-order valence-corrected chi connectivity index (χ0v) is 13.1. The Morgan fingerprint density at radius 2 is 2.17 bits per heavy atom. The molecule has 1 aliphatic rings. The number of piperidine rings is 1. The van der Waals surface area contributed by atoms with Crippen molar-refractivity contribution in [3.63, 3.8) is 0 Å². The lowest BCUT2D eigenvalue weighted by Crippen LogP contribution is -2.39. The van der Waals surface area contributed by atoms with E-state index >= 15 is 0 Å². The molecule has 2 aromatic rings. The van der Waals surface area contributed by atoms with Gasteiger partial charge in [-0.25, -0.2) is 14.9 Å². The van der Waals surface area contributed by atoms with E-state index in [9.17, 15) is 9.59 Å². The highest BCUT2D eigenvalue weighted by molar-refractivity contribution is 6.29. The van der Waals surface area contributed by atoms with Crippen molar-refractivity contribution in [3.05, 3.63) is 51.9 Å². The predicted molar refractivity (Wildman–Crippen MR) is 86.0 cm³/mol. The van der Waals surface area contributed by atoms with Crippen LogP contribution in [0.2, 0.25) is 5.15 Å². The number of H-pyrrole nitrogens is 1. The van der Waals surface area contributed by atoms with Crippen molar-refractivity contribution in [1.29, 1.82) is 0 Å². The van der Waals surface area contributed by atoms with Crippen molar-refractivity contribution in [1.82, 2.24) is 24.6 Å². The van der Waals surface area contributed by atoms with Gasteiger partial charge >= 0.3 is 5.69 Å². The number of rotatable bonds is 3. The van der Waals surface area contributed by atoms with Crippen molar-refractivity contribution in [2.24, 2.45) is 0 Å². The summed E-state index contributed by atoms with van der Waals surface area (Å²) in [6, 6.07) is 3.57. The molecular weight excluding hydrogens is 318 g/mol. The topological polar surface area (TPSA) is 83.9 Å². The number of carbonyl (C=O) groups excluding carboxylic acids is 1. The maximum Gasteiger partial charge on any atom is 0.343 e. The molecular formula is C15H16ClN5O2. The Balaban J connectivity index is 1.58. The van der Waals surface area contributed by atoms with Crippen LogP contribution < -0.4 is 5.69 Å². The van der Waals surface area contributed by atoms with Crippen LogP contribution in [0.4, 0.5) is 0 Å². The van der Waals surface area contributed by atoms with Crippen LogP contribution in [0, 0.1) is 0 Å². The molecule has 1 fully saturated rings. The van der Waals surface area contributed by atoms with E-state index in [1.54, 1.807) is 33.9 Å². The number of nitrogens with zero attached hydrogens (tertiary/aromatic N) is 4. The summed E-state index contributed by atoms with van der Waals surface area (Å²) >= 11 is 5.81. The number of aromatic nitrogens is 4. The standard InChI is InChI=1S/C15H16ClN5O2/c16-13-9-11(3-6-17-13)1-2-14(22)20-7-4-12(5-8-20)21-10-18-19-15(21)23/h1-3,6,9-10,12H,4-5,7-8H2,(H,19,23)/b2-1+. The third-order valence-electron chi connectivity index (χ3n) is 3.92. The van der Waals surface area contributed by atoms with Gasteiger partial charge in [0.2, 0.25) is 5.91 Å². The molecule has 0 aliphatic carbocycles. The molecule has 120 valence electrons. The molecule has 1 saturated heterocycles.